The molecule has 0 atom stereocenters. The lowest BCUT2D eigenvalue weighted by molar-refractivity contribution is 0.244. The van der Waals surface area contributed by atoms with Gasteiger partial charge in [0.05, 0.1) is 19.2 Å². The van der Waals surface area contributed by atoms with Crippen LogP contribution in [0.1, 0.15) is 5.56 Å². The lowest BCUT2D eigenvalue weighted by Crippen LogP contribution is -2.46. The Balaban J connectivity index is 1.65. The van der Waals surface area contributed by atoms with Crippen molar-refractivity contribution in [2.45, 2.75) is 6.54 Å². The fraction of sp³-hybridized carbons (Fsp3) is 0.389. The molecule has 0 bridgehead atoms. The summed E-state index contributed by atoms with van der Waals surface area (Å²) < 4.78 is 24.8. The van der Waals surface area contributed by atoms with E-state index in [4.69, 9.17) is 21.1 Å². The molecule has 3 rings (SSSR count). The lowest BCUT2D eigenvalue weighted by atomic mass is 10.1. The number of aromatic nitrogens is 1. The van der Waals surface area contributed by atoms with Crippen molar-refractivity contribution < 1.29 is 13.9 Å². The molecule has 1 fully saturated rings. The molecule has 0 N–H and O–H groups in total. The summed E-state index contributed by atoms with van der Waals surface area (Å²) in [5.41, 5.74) is 1.08. The van der Waals surface area contributed by atoms with Crippen LogP contribution < -0.4 is 14.4 Å². The van der Waals surface area contributed by atoms with Gasteiger partial charge in [-0.2, -0.15) is 0 Å². The molecule has 0 aliphatic carbocycles. The molecular weight excluding hydrogens is 345 g/mol. The molecule has 0 unspecified atom stereocenters. The van der Waals surface area contributed by atoms with Crippen LogP contribution in [-0.2, 0) is 6.54 Å². The monoisotopic (exact) mass is 365 g/mol. The van der Waals surface area contributed by atoms with E-state index in [9.17, 15) is 4.39 Å². The van der Waals surface area contributed by atoms with Gasteiger partial charge in [-0.1, -0.05) is 11.6 Å². The van der Waals surface area contributed by atoms with E-state index < -0.39 is 0 Å². The first-order chi connectivity index (χ1) is 12.1. The van der Waals surface area contributed by atoms with E-state index in [-0.39, 0.29) is 5.82 Å². The molecule has 1 aromatic carbocycles. The van der Waals surface area contributed by atoms with E-state index in [2.05, 4.69) is 9.88 Å². The minimum atomic E-state index is -0.379. The molecule has 0 spiro atoms. The third kappa shape index (κ3) is 4.14. The van der Waals surface area contributed by atoms with Crippen LogP contribution in [0.2, 0.25) is 5.02 Å². The highest BCUT2D eigenvalue weighted by Gasteiger charge is 2.21. The van der Waals surface area contributed by atoms with Gasteiger partial charge in [0.25, 0.3) is 0 Å². The third-order valence-electron chi connectivity index (χ3n) is 4.34. The van der Waals surface area contributed by atoms with E-state index in [1.807, 2.05) is 23.1 Å². The number of halogens is 2. The van der Waals surface area contributed by atoms with E-state index in [1.54, 1.807) is 14.2 Å². The molecule has 1 aliphatic rings. The van der Waals surface area contributed by atoms with Crippen LogP contribution in [0.3, 0.4) is 0 Å². The van der Waals surface area contributed by atoms with Gasteiger partial charge in [0, 0.05) is 44.5 Å². The molecule has 7 heteroatoms. The highest BCUT2D eigenvalue weighted by molar-refractivity contribution is 6.30. The zero-order valence-corrected chi connectivity index (χ0v) is 15.1. The summed E-state index contributed by atoms with van der Waals surface area (Å²) in [6.07, 6.45) is 1.48. The molecule has 1 aromatic heterocycles. The van der Waals surface area contributed by atoms with Crippen LogP contribution >= 0.6 is 11.6 Å². The first-order valence-corrected chi connectivity index (χ1v) is 8.47. The summed E-state index contributed by atoms with van der Waals surface area (Å²) in [6.45, 7) is 3.79. The van der Waals surface area contributed by atoms with E-state index in [0.717, 1.165) is 36.7 Å². The fourth-order valence-electron chi connectivity index (χ4n) is 3.00. The Morgan fingerprint density at radius 2 is 1.88 bits per heavy atom. The van der Waals surface area contributed by atoms with Crippen molar-refractivity contribution in [2.24, 2.45) is 0 Å². The predicted octanol–water partition coefficient (Wildman–Crippen LogP) is 3.21. The van der Waals surface area contributed by atoms with Crippen LogP contribution in [-0.4, -0.2) is 50.3 Å². The first kappa shape index (κ1) is 17.8. The minimum absolute atomic E-state index is 0.310. The number of pyridine rings is 1. The van der Waals surface area contributed by atoms with Crippen molar-refractivity contribution in [1.82, 2.24) is 9.88 Å². The molecule has 25 heavy (non-hydrogen) atoms. The molecular formula is C18H21ClFN3O2. The zero-order chi connectivity index (χ0) is 17.8. The van der Waals surface area contributed by atoms with Gasteiger partial charge >= 0.3 is 0 Å². The Hall–Kier alpha value is -2.05. The van der Waals surface area contributed by atoms with E-state index in [0.29, 0.717) is 23.9 Å². The highest BCUT2D eigenvalue weighted by Crippen LogP contribution is 2.26. The SMILES string of the molecule is COc1ccc(OC)c(CN2CCN(c3ncc(Cl)cc3F)CC2)c1. The van der Waals surface area contributed by atoms with Crippen LogP contribution in [0.15, 0.2) is 30.5 Å². The standard InChI is InChI=1S/C18H21ClFN3O2/c1-24-15-3-4-17(25-2)13(9-15)12-22-5-7-23(8-6-22)18-16(20)10-14(19)11-21-18/h3-4,9-11H,5-8,12H2,1-2H3. The number of hydrogen-bond donors (Lipinski definition) is 0. The van der Waals surface area contributed by atoms with Crippen molar-refractivity contribution in [3.63, 3.8) is 0 Å². The van der Waals surface area contributed by atoms with Crippen molar-refractivity contribution in [1.29, 1.82) is 0 Å². The average Bonchev–Trinajstić information content (AvgIpc) is 2.62. The van der Waals surface area contributed by atoms with E-state index in [1.165, 1.54) is 12.3 Å². The molecule has 2 aromatic rings. The molecule has 5 nitrogen and oxygen atoms in total. The Bertz CT molecular complexity index is 736. The number of rotatable bonds is 5. The van der Waals surface area contributed by atoms with Crippen molar-refractivity contribution in [2.75, 3.05) is 45.3 Å². The summed E-state index contributed by atoms with van der Waals surface area (Å²) in [7, 11) is 3.32. The molecule has 0 saturated carbocycles. The van der Waals surface area contributed by atoms with Gasteiger partial charge in [-0.15, -0.1) is 0 Å². The summed E-state index contributed by atoms with van der Waals surface area (Å²) in [4.78, 5) is 8.38. The van der Waals surface area contributed by atoms with Crippen molar-refractivity contribution in [3.8, 4) is 11.5 Å². The molecule has 1 aliphatic heterocycles. The number of nitrogens with zero attached hydrogens (tertiary/aromatic N) is 3. The van der Waals surface area contributed by atoms with Crippen molar-refractivity contribution >= 4 is 17.4 Å². The van der Waals surface area contributed by atoms with Crippen LogP contribution in [0, 0.1) is 5.82 Å². The van der Waals surface area contributed by atoms with Crippen LogP contribution in [0.5, 0.6) is 11.5 Å². The number of hydrogen-bond acceptors (Lipinski definition) is 5. The van der Waals surface area contributed by atoms with Gasteiger partial charge in [0.15, 0.2) is 11.6 Å². The fourth-order valence-corrected chi connectivity index (χ4v) is 3.15. The number of benzene rings is 1. The summed E-state index contributed by atoms with van der Waals surface area (Å²) >= 11 is 5.77. The summed E-state index contributed by atoms with van der Waals surface area (Å²) in [5.74, 6) is 1.63. The van der Waals surface area contributed by atoms with Crippen LogP contribution in [0.25, 0.3) is 0 Å². The normalized spacial score (nSPS) is 15.3. The predicted molar refractivity (Wildman–Crippen MR) is 96.2 cm³/mol. The maximum Gasteiger partial charge on any atom is 0.167 e. The third-order valence-corrected chi connectivity index (χ3v) is 4.55. The molecule has 0 amide bonds. The smallest absolute Gasteiger partial charge is 0.167 e. The van der Waals surface area contributed by atoms with Gasteiger partial charge in [-0.3, -0.25) is 4.90 Å². The number of piperazine rings is 1. The van der Waals surface area contributed by atoms with Gasteiger partial charge in [0.1, 0.15) is 11.5 Å². The second kappa shape index (κ2) is 7.89. The maximum atomic E-state index is 14.0. The molecule has 134 valence electrons. The number of anilines is 1. The van der Waals surface area contributed by atoms with Crippen molar-refractivity contribution in [3.05, 3.63) is 46.9 Å². The minimum Gasteiger partial charge on any atom is -0.497 e. The zero-order valence-electron chi connectivity index (χ0n) is 14.3. The quantitative estimate of drug-likeness (QED) is 0.813. The van der Waals surface area contributed by atoms with Gasteiger partial charge in [-0.05, 0) is 24.3 Å². The lowest BCUT2D eigenvalue weighted by Gasteiger charge is -2.35. The Morgan fingerprint density at radius 3 is 2.52 bits per heavy atom. The van der Waals surface area contributed by atoms with Gasteiger partial charge in [0.2, 0.25) is 0 Å². The number of methoxy groups -OCH3 is 2. The average molecular weight is 366 g/mol. The highest BCUT2D eigenvalue weighted by atomic mass is 35.5. The number of ether oxygens (including phenoxy) is 2. The van der Waals surface area contributed by atoms with Gasteiger partial charge < -0.3 is 14.4 Å². The van der Waals surface area contributed by atoms with E-state index >= 15 is 0 Å². The second-order valence-electron chi connectivity index (χ2n) is 5.90. The largest absolute Gasteiger partial charge is 0.497 e. The molecule has 1 saturated heterocycles. The Labute approximate surface area is 151 Å². The topological polar surface area (TPSA) is 37.8 Å². The maximum absolute atomic E-state index is 14.0. The second-order valence-corrected chi connectivity index (χ2v) is 6.34. The first-order valence-electron chi connectivity index (χ1n) is 8.10. The molecule has 2 heterocycles. The van der Waals surface area contributed by atoms with Crippen LogP contribution in [0.4, 0.5) is 10.2 Å². The summed E-state index contributed by atoms with van der Waals surface area (Å²) in [5, 5.41) is 0.310. The van der Waals surface area contributed by atoms with Gasteiger partial charge in [-0.25, -0.2) is 9.37 Å². The Kier molecular flexibility index (Phi) is 5.60. The molecule has 0 radical (unpaired) electrons. The Morgan fingerprint density at radius 1 is 1.12 bits per heavy atom. The summed E-state index contributed by atoms with van der Waals surface area (Å²) in [6, 6.07) is 7.09.